The quantitative estimate of drug-likeness (QED) is 0.764. The molecule has 0 aromatic carbocycles. The number of carbonyl (C=O) groups excluding carboxylic acids is 1. The zero-order chi connectivity index (χ0) is 9.97. The van der Waals surface area contributed by atoms with E-state index >= 15 is 0 Å². The molecule has 0 amide bonds. The van der Waals surface area contributed by atoms with Crippen LogP contribution in [-0.4, -0.2) is 11.8 Å². The molecule has 0 aromatic heterocycles. The van der Waals surface area contributed by atoms with Gasteiger partial charge in [0.1, 0.15) is 5.03 Å². The number of ketones is 1. The standard InChI is InChI=1S/C11H16ClNO/c12-11-9(6-3-7-10(11)14)13-8-4-1-2-5-8/h8,13H,1-7H2. The van der Waals surface area contributed by atoms with Gasteiger partial charge in [-0.2, -0.15) is 0 Å². The maximum Gasteiger partial charge on any atom is 0.175 e. The fourth-order valence-corrected chi connectivity index (χ4v) is 2.51. The monoisotopic (exact) mass is 213 g/mol. The number of Topliss-reactive ketones (excluding diaryl/α,β-unsaturated/α-hetero) is 1. The minimum atomic E-state index is 0.110. The fourth-order valence-electron chi connectivity index (χ4n) is 2.27. The first-order chi connectivity index (χ1) is 6.77. The van der Waals surface area contributed by atoms with Gasteiger partial charge in [-0.3, -0.25) is 4.79 Å². The summed E-state index contributed by atoms with van der Waals surface area (Å²) in [4.78, 5) is 11.3. The van der Waals surface area contributed by atoms with Gasteiger partial charge in [-0.25, -0.2) is 0 Å². The van der Waals surface area contributed by atoms with Crippen LogP contribution in [0.4, 0.5) is 0 Å². The molecule has 0 unspecified atom stereocenters. The zero-order valence-corrected chi connectivity index (χ0v) is 9.07. The van der Waals surface area contributed by atoms with Crippen LogP contribution in [0.15, 0.2) is 10.7 Å². The zero-order valence-electron chi connectivity index (χ0n) is 8.31. The summed E-state index contributed by atoms with van der Waals surface area (Å²) in [6, 6.07) is 0.560. The van der Waals surface area contributed by atoms with E-state index in [4.69, 9.17) is 11.6 Å². The Morgan fingerprint density at radius 1 is 1.14 bits per heavy atom. The van der Waals surface area contributed by atoms with E-state index in [0.29, 0.717) is 17.5 Å². The molecular weight excluding hydrogens is 198 g/mol. The van der Waals surface area contributed by atoms with Gasteiger partial charge >= 0.3 is 0 Å². The van der Waals surface area contributed by atoms with E-state index in [1.807, 2.05) is 0 Å². The molecule has 0 radical (unpaired) electrons. The van der Waals surface area contributed by atoms with E-state index in [1.54, 1.807) is 0 Å². The second kappa shape index (κ2) is 4.35. The Morgan fingerprint density at radius 3 is 2.57 bits per heavy atom. The lowest BCUT2D eigenvalue weighted by atomic mass is 10.0. The third-order valence-corrected chi connectivity index (χ3v) is 3.51. The smallest absolute Gasteiger partial charge is 0.175 e. The minimum absolute atomic E-state index is 0.110. The van der Waals surface area contributed by atoms with Crippen LogP contribution < -0.4 is 5.32 Å². The van der Waals surface area contributed by atoms with Crippen LogP contribution in [0.3, 0.4) is 0 Å². The van der Waals surface area contributed by atoms with E-state index in [0.717, 1.165) is 18.5 Å². The summed E-state index contributed by atoms with van der Waals surface area (Å²) in [5, 5.41) is 3.89. The highest BCUT2D eigenvalue weighted by atomic mass is 35.5. The van der Waals surface area contributed by atoms with Crippen molar-refractivity contribution in [1.82, 2.24) is 5.32 Å². The lowest BCUT2D eigenvalue weighted by Crippen LogP contribution is -2.28. The Kier molecular flexibility index (Phi) is 3.12. The van der Waals surface area contributed by atoms with E-state index < -0.39 is 0 Å². The first-order valence-electron chi connectivity index (χ1n) is 5.46. The van der Waals surface area contributed by atoms with Crippen LogP contribution in [0, 0.1) is 0 Å². The average molecular weight is 214 g/mol. The molecule has 1 fully saturated rings. The number of hydrogen-bond donors (Lipinski definition) is 1. The van der Waals surface area contributed by atoms with Gasteiger partial charge in [0.2, 0.25) is 0 Å². The van der Waals surface area contributed by atoms with Crippen molar-refractivity contribution in [2.75, 3.05) is 0 Å². The maximum atomic E-state index is 11.3. The number of hydrogen-bond acceptors (Lipinski definition) is 2. The highest BCUT2D eigenvalue weighted by molar-refractivity contribution is 6.43. The predicted molar refractivity (Wildman–Crippen MR) is 57.1 cm³/mol. The van der Waals surface area contributed by atoms with Crippen LogP contribution in [0.2, 0.25) is 0 Å². The SMILES string of the molecule is O=C1CCCC(NC2CCCC2)=C1Cl. The molecule has 0 atom stereocenters. The molecule has 2 rings (SSSR count). The fraction of sp³-hybridized carbons (Fsp3) is 0.727. The molecular formula is C11H16ClNO. The summed E-state index contributed by atoms with van der Waals surface area (Å²) in [7, 11) is 0. The summed E-state index contributed by atoms with van der Waals surface area (Å²) in [6.07, 6.45) is 7.57. The highest BCUT2D eigenvalue weighted by Gasteiger charge is 2.22. The van der Waals surface area contributed by atoms with Crippen molar-refractivity contribution in [2.45, 2.75) is 51.0 Å². The van der Waals surface area contributed by atoms with Gasteiger partial charge in [0.05, 0.1) is 0 Å². The predicted octanol–water partition coefficient (Wildman–Crippen LogP) is 2.72. The van der Waals surface area contributed by atoms with Crippen molar-refractivity contribution < 1.29 is 4.79 Å². The number of rotatable bonds is 2. The van der Waals surface area contributed by atoms with Gasteiger partial charge in [0, 0.05) is 18.2 Å². The molecule has 14 heavy (non-hydrogen) atoms. The second-order valence-electron chi connectivity index (χ2n) is 4.19. The average Bonchev–Trinajstić information content (AvgIpc) is 2.66. The van der Waals surface area contributed by atoms with Crippen molar-refractivity contribution in [3.8, 4) is 0 Å². The molecule has 0 aliphatic heterocycles. The molecule has 3 heteroatoms. The van der Waals surface area contributed by atoms with E-state index in [9.17, 15) is 4.79 Å². The first kappa shape index (κ1) is 10.0. The van der Waals surface area contributed by atoms with Gasteiger partial charge in [-0.1, -0.05) is 24.4 Å². The van der Waals surface area contributed by atoms with Crippen molar-refractivity contribution >= 4 is 17.4 Å². The molecule has 2 nitrogen and oxygen atoms in total. The maximum absolute atomic E-state index is 11.3. The van der Waals surface area contributed by atoms with Gasteiger partial charge in [0.25, 0.3) is 0 Å². The van der Waals surface area contributed by atoms with Crippen LogP contribution in [0.5, 0.6) is 0 Å². The largest absolute Gasteiger partial charge is 0.384 e. The molecule has 2 aliphatic rings. The first-order valence-corrected chi connectivity index (χ1v) is 5.83. The Bertz CT molecular complexity index is 266. The van der Waals surface area contributed by atoms with Crippen LogP contribution >= 0.6 is 11.6 Å². The number of carbonyl (C=O) groups is 1. The number of halogens is 1. The van der Waals surface area contributed by atoms with Gasteiger partial charge in [0.15, 0.2) is 5.78 Å². The lowest BCUT2D eigenvalue weighted by molar-refractivity contribution is -0.115. The Labute approximate surface area is 89.7 Å². The Hall–Kier alpha value is -0.500. The van der Waals surface area contributed by atoms with Crippen molar-refractivity contribution in [2.24, 2.45) is 0 Å². The van der Waals surface area contributed by atoms with Crippen molar-refractivity contribution in [3.63, 3.8) is 0 Å². The molecule has 2 aliphatic carbocycles. The molecule has 78 valence electrons. The Morgan fingerprint density at radius 2 is 1.86 bits per heavy atom. The van der Waals surface area contributed by atoms with Crippen LogP contribution in [0.1, 0.15) is 44.9 Å². The summed E-state index contributed by atoms with van der Waals surface area (Å²) < 4.78 is 0. The summed E-state index contributed by atoms with van der Waals surface area (Å²) >= 11 is 5.98. The summed E-state index contributed by atoms with van der Waals surface area (Å²) in [6.45, 7) is 0. The van der Waals surface area contributed by atoms with E-state index in [-0.39, 0.29) is 5.78 Å². The molecule has 1 saturated carbocycles. The molecule has 0 aromatic rings. The molecule has 0 heterocycles. The van der Waals surface area contributed by atoms with Gasteiger partial charge in [-0.05, 0) is 25.7 Å². The second-order valence-corrected chi connectivity index (χ2v) is 4.57. The third-order valence-electron chi connectivity index (χ3n) is 3.07. The minimum Gasteiger partial charge on any atom is -0.384 e. The molecule has 0 spiro atoms. The number of allylic oxidation sites excluding steroid dienone is 2. The van der Waals surface area contributed by atoms with Crippen molar-refractivity contribution in [3.05, 3.63) is 10.7 Å². The topological polar surface area (TPSA) is 29.1 Å². The van der Waals surface area contributed by atoms with E-state index in [1.165, 1.54) is 25.7 Å². The van der Waals surface area contributed by atoms with Gasteiger partial charge < -0.3 is 5.32 Å². The summed E-state index contributed by atoms with van der Waals surface area (Å²) in [5.41, 5.74) is 0.995. The Balaban J connectivity index is 2.01. The van der Waals surface area contributed by atoms with Crippen LogP contribution in [-0.2, 0) is 4.79 Å². The lowest BCUT2D eigenvalue weighted by Gasteiger charge is -2.21. The number of nitrogens with one attached hydrogen (secondary N) is 1. The third kappa shape index (κ3) is 2.11. The van der Waals surface area contributed by atoms with Gasteiger partial charge in [-0.15, -0.1) is 0 Å². The normalized spacial score (nSPS) is 24.5. The van der Waals surface area contributed by atoms with E-state index in [2.05, 4.69) is 5.32 Å². The molecule has 0 bridgehead atoms. The van der Waals surface area contributed by atoms with Crippen LogP contribution in [0.25, 0.3) is 0 Å². The molecule has 0 saturated heterocycles. The summed E-state index contributed by atoms with van der Waals surface area (Å²) in [5.74, 6) is 0.110. The molecule has 1 N–H and O–H groups in total. The highest BCUT2D eigenvalue weighted by Crippen LogP contribution is 2.26. The van der Waals surface area contributed by atoms with Crippen molar-refractivity contribution in [1.29, 1.82) is 0 Å².